The summed E-state index contributed by atoms with van der Waals surface area (Å²) >= 11 is 0. The van der Waals surface area contributed by atoms with Crippen LogP contribution in [0.5, 0.6) is 11.5 Å². The van der Waals surface area contributed by atoms with Gasteiger partial charge in [0.05, 0.1) is 14.2 Å². The Morgan fingerprint density at radius 1 is 0.542 bits per heavy atom. The summed E-state index contributed by atoms with van der Waals surface area (Å²) in [6.07, 6.45) is 0. The molecule has 0 amide bonds. The van der Waals surface area contributed by atoms with Crippen LogP contribution in [0.25, 0.3) is 43.1 Å². The van der Waals surface area contributed by atoms with E-state index in [0.717, 1.165) is 27.7 Å². The highest BCUT2D eigenvalue weighted by atomic mass is 16.5. The molecule has 5 aromatic carbocycles. The lowest BCUT2D eigenvalue weighted by atomic mass is 9.90. The van der Waals surface area contributed by atoms with E-state index in [1.807, 2.05) is 6.07 Å². The van der Waals surface area contributed by atoms with Gasteiger partial charge in [0.2, 0.25) is 0 Å². The number of fused-ring (bicyclic) bond motifs is 2. The highest BCUT2D eigenvalue weighted by Gasteiger charge is 2.17. The van der Waals surface area contributed by atoms with Crippen LogP contribution in [-0.2, 0) is 0 Å². The zero-order valence-corrected chi connectivity index (χ0v) is 13.6. The highest BCUT2D eigenvalue weighted by Crippen LogP contribution is 2.45. The van der Waals surface area contributed by atoms with E-state index in [4.69, 9.17) is 9.47 Å². The first-order chi connectivity index (χ1) is 11.8. The molecule has 0 heterocycles. The van der Waals surface area contributed by atoms with Gasteiger partial charge in [-0.3, -0.25) is 0 Å². The maximum atomic E-state index is 5.81. The van der Waals surface area contributed by atoms with Crippen LogP contribution in [0.1, 0.15) is 0 Å². The van der Waals surface area contributed by atoms with Gasteiger partial charge in [0, 0.05) is 26.9 Å². The van der Waals surface area contributed by atoms with Gasteiger partial charge in [0.15, 0.2) is 0 Å². The molecule has 5 rings (SSSR count). The van der Waals surface area contributed by atoms with Crippen LogP contribution < -0.4 is 9.47 Å². The fourth-order valence-electron chi connectivity index (χ4n) is 3.99. The first kappa shape index (κ1) is 13.4. The SMILES string of the molecule is COc1ccc2ccc3c4ccccc4c(OC)c4ccc1c2c43. The summed E-state index contributed by atoms with van der Waals surface area (Å²) in [7, 11) is 3.47. The lowest BCUT2D eigenvalue weighted by Crippen LogP contribution is -1.92. The summed E-state index contributed by atoms with van der Waals surface area (Å²) in [5.41, 5.74) is 0. The van der Waals surface area contributed by atoms with Gasteiger partial charge in [-0.2, -0.15) is 0 Å². The minimum atomic E-state index is 0.907. The molecule has 2 heteroatoms. The van der Waals surface area contributed by atoms with E-state index in [0.29, 0.717) is 0 Å². The molecule has 5 aromatic rings. The van der Waals surface area contributed by atoms with Gasteiger partial charge in [-0.25, -0.2) is 0 Å². The molecule has 0 radical (unpaired) electrons. The Balaban J connectivity index is 2.17. The second-order valence-corrected chi connectivity index (χ2v) is 6.09. The van der Waals surface area contributed by atoms with Crippen molar-refractivity contribution in [3.8, 4) is 11.5 Å². The van der Waals surface area contributed by atoms with E-state index < -0.39 is 0 Å². The summed E-state index contributed by atoms with van der Waals surface area (Å²) in [6.45, 7) is 0. The van der Waals surface area contributed by atoms with Gasteiger partial charge < -0.3 is 9.47 Å². The van der Waals surface area contributed by atoms with Gasteiger partial charge in [-0.05, 0) is 34.4 Å². The molecule has 0 fully saturated rings. The lowest BCUT2D eigenvalue weighted by molar-refractivity contribution is 0.420. The van der Waals surface area contributed by atoms with Crippen molar-refractivity contribution in [3.05, 3.63) is 60.7 Å². The number of benzene rings is 5. The van der Waals surface area contributed by atoms with Crippen molar-refractivity contribution in [1.29, 1.82) is 0 Å². The Morgan fingerprint density at radius 2 is 1.25 bits per heavy atom. The van der Waals surface area contributed by atoms with E-state index in [1.54, 1.807) is 14.2 Å². The normalized spacial score (nSPS) is 11.8. The first-order valence-corrected chi connectivity index (χ1v) is 8.03. The fraction of sp³-hybridized carbons (Fsp3) is 0.0909. The van der Waals surface area contributed by atoms with Crippen molar-refractivity contribution in [2.45, 2.75) is 0 Å². The molecule has 0 bridgehead atoms. The number of ether oxygens (including phenoxy) is 2. The lowest BCUT2D eigenvalue weighted by Gasteiger charge is -2.17. The van der Waals surface area contributed by atoms with Crippen molar-refractivity contribution < 1.29 is 9.47 Å². The van der Waals surface area contributed by atoms with E-state index >= 15 is 0 Å². The molecule has 116 valence electrons. The number of hydrogen-bond acceptors (Lipinski definition) is 2. The largest absolute Gasteiger partial charge is 0.496 e. The maximum absolute atomic E-state index is 5.81. The third-order valence-corrected chi connectivity index (χ3v) is 5.00. The molecule has 0 spiro atoms. The Kier molecular flexibility index (Phi) is 2.66. The van der Waals surface area contributed by atoms with Crippen molar-refractivity contribution in [3.63, 3.8) is 0 Å². The predicted octanol–water partition coefficient (Wildman–Crippen LogP) is 5.75. The van der Waals surface area contributed by atoms with Crippen molar-refractivity contribution in [1.82, 2.24) is 0 Å². The molecular formula is C22H16O2. The van der Waals surface area contributed by atoms with Gasteiger partial charge in [0.25, 0.3) is 0 Å². The van der Waals surface area contributed by atoms with Crippen LogP contribution in [0.4, 0.5) is 0 Å². The topological polar surface area (TPSA) is 18.5 Å². The zero-order chi connectivity index (χ0) is 16.3. The first-order valence-electron chi connectivity index (χ1n) is 8.03. The summed E-state index contributed by atoms with van der Waals surface area (Å²) in [4.78, 5) is 0. The molecular weight excluding hydrogens is 296 g/mol. The van der Waals surface area contributed by atoms with Crippen LogP contribution in [0.2, 0.25) is 0 Å². The zero-order valence-electron chi connectivity index (χ0n) is 13.6. The quantitative estimate of drug-likeness (QED) is 0.305. The molecule has 0 N–H and O–H groups in total. The molecule has 0 saturated heterocycles. The van der Waals surface area contributed by atoms with Gasteiger partial charge in [-0.15, -0.1) is 0 Å². The van der Waals surface area contributed by atoms with Gasteiger partial charge >= 0.3 is 0 Å². The Hall–Kier alpha value is -3.00. The van der Waals surface area contributed by atoms with E-state index in [9.17, 15) is 0 Å². The number of methoxy groups -OCH3 is 2. The van der Waals surface area contributed by atoms with E-state index in [2.05, 4.69) is 54.6 Å². The summed E-state index contributed by atoms with van der Waals surface area (Å²) < 4.78 is 11.4. The summed E-state index contributed by atoms with van der Waals surface area (Å²) in [5.74, 6) is 1.85. The van der Waals surface area contributed by atoms with E-state index in [-0.39, 0.29) is 0 Å². The summed E-state index contributed by atoms with van der Waals surface area (Å²) in [5, 5.41) is 9.64. The predicted molar refractivity (Wildman–Crippen MR) is 101 cm³/mol. The van der Waals surface area contributed by atoms with Crippen molar-refractivity contribution in [2.24, 2.45) is 0 Å². The Bertz CT molecular complexity index is 1220. The van der Waals surface area contributed by atoms with Crippen LogP contribution in [0.3, 0.4) is 0 Å². The van der Waals surface area contributed by atoms with Gasteiger partial charge in [0.1, 0.15) is 11.5 Å². The molecule has 24 heavy (non-hydrogen) atoms. The molecule has 0 aliphatic carbocycles. The smallest absolute Gasteiger partial charge is 0.134 e. The van der Waals surface area contributed by atoms with Crippen LogP contribution in [0.15, 0.2) is 60.7 Å². The molecule has 0 aliphatic rings. The van der Waals surface area contributed by atoms with Crippen LogP contribution in [0, 0.1) is 0 Å². The highest BCUT2D eigenvalue weighted by molar-refractivity contribution is 6.31. The van der Waals surface area contributed by atoms with Gasteiger partial charge in [-0.1, -0.05) is 42.5 Å². The maximum Gasteiger partial charge on any atom is 0.134 e. The average molecular weight is 312 g/mol. The minimum Gasteiger partial charge on any atom is -0.496 e. The third-order valence-electron chi connectivity index (χ3n) is 5.00. The molecule has 0 saturated carbocycles. The number of hydrogen-bond donors (Lipinski definition) is 0. The monoisotopic (exact) mass is 312 g/mol. The standard InChI is InChI=1S/C22H16O2/c1-23-19-12-8-13-7-9-15-14-5-3-4-6-16(14)22(24-2)18-11-10-17(19)20(13)21(15)18/h3-12H,1-2H3. The molecule has 0 aromatic heterocycles. The third kappa shape index (κ3) is 1.55. The minimum absolute atomic E-state index is 0.907. The molecule has 2 nitrogen and oxygen atoms in total. The fourth-order valence-corrected chi connectivity index (χ4v) is 3.99. The Labute approximate surface area is 139 Å². The van der Waals surface area contributed by atoms with Crippen molar-refractivity contribution in [2.75, 3.05) is 14.2 Å². The second-order valence-electron chi connectivity index (χ2n) is 6.09. The summed E-state index contributed by atoms with van der Waals surface area (Å²) in [6, 6.07) is 21.3. The van der Waals surface area contributed by atoms with Crippen molar-refractivity contribution >= 4 is 43.1 Å². The molecule has 0 unspecified atom stereocenters. The van der Waals surface area contributed by atoms with Crippen LogP contribution >= 0.6 is 0 Å². The average Bonchev–Trinajstić information content (AvgIpc) is 2.65. The van der Waals surface area contributed by atoms with E-state index in [1.165, 1.54) is 26.9 Å². The Morgan fingerprint density at radius 3 is 2.04 bits per heavy atom. The second kappa shape index (κ2) is 4.75. The molecule has 0 atom stereocenters. The van der Waals surface area contributed by atoms with Crippen LogP contribution in [-0.4, -0.2) is 14.2 Å². The molecule has 0 aliphatic heterocycles. The number of rotatable bonds is 2.